The van der Waals surface area contributed by atoms with E-state index in [9.17, 15) is 19.6 Å². The molecule has 0 bridgehead atoms. The molecule has 0 aliphatic rings. The topological polar surface area (TPSA) is 135 Å². The van der Waals surface area contributed by atoms with Gasteiger partial charge in [0.05, 0.1) is 28.8 Å². The number of nitriles is 1. The first-order chi connectivity index (χ1) is 18.7. The SMILES string of the molecule is CCOC(=O)c1ccc(NC(=O)/C(C#N)=C/c2cc(Br)c(OCc3ccc(C(=O)O)cc3)c(OCC)c2)cc1. The number of esters is 1. The molecule has 2 N–H and O–H groups in total. The van der Waals surface area contributed by atoms with Gasteiger partial charge in [-0.15, -0.1) is 0 Å². The number of hydrogen-bond acceptors (Lipinski definition) is 7. The number of anilines is 1. The van der Waals surface area contributed by atoms with Crippen molar-refractivity contribution in [2.45, 2.75) is 20.5 Å². The van der Waals surface area contributed by atoms with Gasteiger partial charge in [0.15, 0.2) is 11.5 Å². The Hall–Kier alpha value is -4.62. The maximum Gasteiger partial charge on any atom is 0.338 e. The number of ether oxygens (including phenoxy) is 3. The Morgan fingerprint density at radius 1 is 0.974 bits per heavy atom. The molecule has 3 rings (SSSR count). The van der Waals surface area contributed by atoms with Gasteiger partial charge in [0, 0.05) is 5.69 Å². The van der Waals surface area contributed by atoms with Crippen molar-refractivity contribution in [3.8, 4) is 17.6 Å². The number of carboxylic acid groups (broad SMARTS) is 1. The van der Waals surface area contributed by atoms with Gasteiger partial charge in [-0.25, -0.2) is 9.59 Å². The van der Waals surface area contributed by atoms with Crippen LogP contribution in [0.15, 0.2) is 70.7 Å². The zero-order valence-corrected chi connectivity index (χ0v) is 22.8. The lowest BCUT2D eigenvalue weighted by atomic mass is 10.1. The van der Waals surface area contributed by atoms with E-state index in [0.29, 0.717) is 39.4 Å². The number of carbonyl (C=O) groups is 3. The summed E-state index contributed by atoms with van der Waals surface area (Å²) in [6.07, 6.45) is 1.42. The third kappa shape index (κ3) is 7.93. The molecule has 9 nitrogen and oxygen atoms in total. The summed E-state index contributed by atoms with van der Waals surface area (Å²) in [4.78, 5) is 35.6. The van der Waals surface area contributed by atoms with E-state index in [-0.39, 0.29) is 24.4 Å². The molecule has 0 radical (unpaired) electrons. The van der Waals surface area contributed by atoms with Crippen LogP contribution in [0.3, 0.4) is 0 Å². The van der Waals surface area contributed by atoms with Gasteiger partial charge >= 0.3 is 11.9 Å². The molecule has 0 aliphatic carbocycles. The number of amides is 1. The molecule has 3 aromatic carbocycles. The summed E-state index contributed by atoms with van der Waals surface area (Å²) < 4.78 is 17.2. The van der Waals surface area contributed by atoms with E-state index in [1.165, 1.54) is 30.3 Å². The molecule has 3 aromatic rings. The second-order valence-electron chi connectivity index (χ2n) is 7.98. The molecule has 0 saturated heterocycles. The fourth-order valence-corrected chi connectivity index (χ4v) is 3.97. The van der Waals surface area contributed by atoms with Crippen LogP contribution in [0.2, 0.25) is 0 Å². The summed E-state index contributed by atoms with van der Waals surface area (Å²) >= 11 is 3.47. The lowest BCUT2D eigenvalue weighted by Crippen LogP contribution is -2.13. The molecule has 0 unspecified atom stereocenters. The smallest absolute Gasteiger partial charge is 0.338 e. The van der Waals surface area contributed by atoms with Gasteiger partial charge in [0.2, 0.25) is 0 Å². The zero-order chi connectivity index (χ0) is 28.4. The standard InChI is InChI=1S/C29H25BrN2O7/c1-3-37-25-15-19(14-24(30)26(25)39-17-18-5-7-20(8-6-18)28(34)35)13-22(16-31)27(33)32-23-11-9-21(10-12-23)29(36)38-4-2/h5-15H,3-4,17H2,1-2H3,(H,32,33)(H,34,35)/b22-13+. The number of benzene rings is 3. The van der Waals surface area contributed by atoms with Crippen molar-refractivity contribution >= 4 is 45.5 Å². The molecular formula is C29H25BrN2O7. The van der Waals surface area contributed by atoms with Crippen molar-refractivity contribution in [2.24, 2.45) is 0 Å². The quantitative estimate of drug-likeness (QED) is 0.161. The molecule has 0 saturated carbocycles. The highest BCUT2D eigenvalue weighted by atomic mass is 79.9. The van der Waals surface area contributed by atoms with E-state index in [0.717, 1.165) is 5.56 Å². The average Bonchev–Trinajstić information content (AvgIpc) is 2.92. The van der Waals surface area contributed by atoms with Crippen LogP contribution >= 0.6 is 15.9 Å². The first kappa shape index (κ1) is 28.9. The number of carboxylic acids is 1. The van der Waals surface area contributed by atoms with Gasteiger partial charge in [0.1, 0.15) is 18.2 Å². The second-order valence-corrected chi connectivity index (χ2v) is 8.83. The van der Waals surface area contributed by atoms with Gasteiger partial charge in [-0.3, -0.25) is 4.79 Å². The highest BCUT2D eigenvalue weighted by Crippen LogP contribution is 2.38. The maximum absolute atomic E-state index is 12.8. The van der Waals surface area contributed by atoms with Crippen LogP contribution < -0.4 is 14.8 Å². The number of rotatable bonds is 11. The highest BCUT2D eigenvalue weighted by Gasteiger charge is 2.15. The minimum Gasteiger partial charge on any atom is -0.490 e. The Kier molecular flexibility index (Phi) is 10.2. The molecule has 0 aliphatic heterocycles. The van der Waals surface area contributed by atoms with E-state index in [1.54, 1.807) is 43.3 Å². The number of aromatic carboxylic acids is 1. The molecule has 10 heteroatoms. The van der Waals surface area contributed by atoms with Gasteiger partial charge < -0.3 is 24.6 Å². The fraction of sp³-hybridized carbons (Fsp3) is 0.172. The molecule has 39 heavy (non-hydrogen) atoms. The molecule has 0 fully saturated rings. The van der Waals surface area contributed by atoms with Crippen molar-refractivity contribution in [2.75, 3.05) is 18.5 Å². The third-order valence-corrected chi connectivity index (χ3v) is 5.83. The van der Waals surface area contributed by atoms with Crippen LogP contribution in [0, 0.1) is 11.3 Å². The van der Waals surface area contributed by atoms with Crippen molar-refractivity contribution in [1.29, 1.82) is 5.26 Å². The molecule has 0 spiro atoms. The van der Waals surface area contributed by atoms with Crippen LogP contribution in [0.1, 0.15) is 45.7 Å². The lowest BCUT2D eigenvalue weighted by molar-refractivity contribution is -0.112. The maximum atomic E-state index is 12.8. The highest BCUT2D eigenvalue weighted by molar-refractivity contribution is 9.10. The van der Waals surface area contributed by atoms with E-state index in [1.807, 2.05) is 13.0 Å². The Bertz CT molecular complexity index is 1430. The van der Waals surface area contributed by atoms with Gasteiger partial charge in [-0.05, 0) is 95.5 Å². The first-order valence-electron chi connectivity index (χ1n) is 11.9. The predicted octanol–water partition coefficient (Wildman–Crippen LogP) is 5.85. The van der Waals surface area contributed by atoms with Crippen LogP contribution in [-0.2, 0) is 16.1 Å². The molecular weight excluding hydrogens is 568 g/mol. The predicted molar refractivity (Wildman–Crippen MR) is 148 cm³/mol. The van der Waals surface area contributed by atoms with Crippen LogP contribution in [0.25, 0.3) is 6.08 Å². The van der Waals surface area contributed by atoms with Gasteiger partial charge in [-0.2, -0.15) is 5.26 Å². The molecule has 1 amide bonds. The summed E-state index contributed by atoms with van der Waals surface area (Å²) in [5.74, 6) is -1.29. The van der Waals surface area contributed by atoms with Crippen LogP contribution in [0.5, 0.6) is 11.5 Å². The minimum atomic E-state index is -1.01. The summed E-state index contributed by atoms with van der Waals surface area (Å²) in [5, 5.41) is 21.3. The summed E-state index contributed by atoms with van der Waals surface area (Å²) in [5.41, 5.74) is 2.07. The summed E-state index contributed by atoms with van der Waals surface area (Å²) in [7, 11) is 0. The Morgan fingerprint density at radius 2 is 1.64 bits per heavy atom. The summed E-state index contributed by atoms with van der Waals surface area (Å²) in [6.45, 7) is 4.28. The molecule has 0 atom stereocenters. The van der Waals surface area contributed by atoms with E-state index in [4.69, 9.17) is 19.3 Å². The number of halogens is 1. The second kappa shape index (κ2) is 13.8. The number of carbonyl (C=O) groups excluding carboxylic acids is 2. The van der Waals surface area contributed by atoms with Crippen molar-refractivity contribution in [1.82, 2.24) is 0 Å². The Labute approximate surface area is 233 Å². The fourth-order valence-electron chi connectivity index (χ4n) is 3.39. The zero-order valence-electron chi connectivity index (χ0n) is 21.2. The van der Waals surface area contributed by atoms with Crippen LogP contribution in [-0.4, -0.2) is 36.2 Å². The molecule has 0 heterocycles. The lowest BCUT2D eigenvalue weighted by Gasteiger charge is -2.15. The number of nitrogens with zero attached hydrogens (tertiary/aromatic N) is 1. The largest absolute Gasteiger partial charge is 0.490 e. The Morgan fingerprint density at radius 3 is 2.23 bits per heavy atom. The van der Waals surface area contributed by atoms with Gasteiger partial charge in [0.25, 0.3) is 5.91 Å². The minimum absolute atomic E-state index is 0.147. The number of hydrogen-bond donors (Lipinski definition) is 2. The van der Waals surface area contributed by atoms with Crippen molar-refractivity contribution in [3.05, 3.63) is 93.0 Å². The van der Waals surface area contributed by atoms with E-state index in [2.05, 4.69) is 21.2 Å². The number of nitrogens with one attached hydrogen (secondary N) is 1. The Balaban J connectivity index is 1.77. The van der Waals surface area contributed by atoms with Crippen LogP contribution in [0.4, 0.5) is 5.69 Å². The average molecular weight is 593 g/mol. The third-order valence-electron chi connectivity index (χ3n) is 5.25. The first-order valence-corrected chi connectivity index (χ1v) is 12.7. The molecule has 0 aromatic heterocycles. The van der Waals surface area contributed by atoms with Crippen molar-refractivity contribution < 1.29 is 33.7 Å². The van der Waals surface area contributed by atoms with E-state index >= 15 is 0 Å². The summed E-state index contributed by atoms with van der Waals surface area (Å²) in [6, 6.07) is 17.7. The monoisotopic (exact) mass is 592 g/mol. The van der Waals surface area contributed by atoms with E-state index < -0.39 is 17.8 Å². The normalized spacial score (nSPS) is 10.8. The van der Waals surface area contributed by atoms with Crippen molar-refractivity contribution in [3.63, 3.8) is 0 Å². The molecule has 200 valence electrons. The van der Waals surface area contributed by atoms with Gasteiger partial charge in [-0.1, -0.05) is 12.1 Å².